The second-order valence-electron chi connectivity index (χ2n) is 4.89. The molecule has 0 aromatic heterocycles. The third-order valence-corrected chi connectivity index (χ3v) is 3.43. The van der Waals surface area contributed by atoms with Crippen molar-refractivity contribution in [3.05, 3.63) is 29.3 Å². The molecule has 18 heavy (non-hydrogen) atoms. The van der Waals surface area contributed by atoms with Gasteiger partial charge in [0.05, 0.1) is 13.2 Å². The quantitative estimate of drug-likeness (QED) is 0.850. The van der Waals surface area contributed by atoms with Crippen LogP contribution in [0, 0.1) is 12.8 Å². The Morgan fingerprint density at radius 1 is 1.50 bits per heavy atom. The molecule has 4 heteroatoms. The highest BCUT2D eigenvalue weighted by molar-refractivity contribution is 5.94. The molecule has 0 aliphatic heterocycles. The number of nitrogens with one attached hydrogen (secondary N) is 1. The van der Waals surface area contributed by atoms with Gasteiger partial charge in [0.1, 0.15) is 5.75 Å². The minimum absolute atomic E-state index is 0.0883. The molecule has 2 rings (SSSR count). The molecule has 0 radical (unpaired) electrons. The number of hydrogen-bond donors (Lipinski definition) is 2. The van der Waals surface area contributed by atoms with Gasteiger partial charge in [-0.1, -0.05) is 6.07 Å². The van der Waals surface area contributed by atoms with Crippen molar-refractivity contribution in [1.82, 2.24) is 5.32 Å². The van der Waals surface area contributed by atoms with E-state index < -0.39 is 0 Å². The lowest BCUT2D eigenvalue weighted by molar-refractivity contribution is 0.0420. The van der Waals surface area contributed by atoms with Gasteiger partial charge in [0, 0.05) is 12.1 Å². The van der Waals surface area contributed by atoms with E-state index in [1.54, 1.807) is 19.2 Å². The Labute approximate surface area is 107 Å². The van der Waals surface area contributed by atoms with Gasteiger partial charge < -0.3 is 15.2 Å². The molecule has 0 atom stereocenters. The Hall–Kier alpha value is -1.55. The number of methoxy groups -OCH3 is 1. The number of carbonyl (C=O) groups is 1. The summed E-state index contributed by atoms with van der Waals surface area (Å²) in [5, 5.41) is 12.1. The highest BCUT2D eigenvalue weighted by Gasteiger charge is 2.27. The third-order valence-electron chi connectivity index (χ3n) is 3.43. The lowest BCUT2D eigenvalue weighted by Gasteiger charge is -2.31. The van der Waals surface area contributed by atoms with Crippen LogP contribution in [0.4, 0.5) is 0 Å². The minimum atomic E-state index is -0.175. The molecule has 1 amide bonds. The monoisotopic (exact) mass is 249 g/mol. The number of ether oxygens (including phenoxy) is 1. The third kappa shape index (κ3) is 2.82. The summed E-state index contributed by atoms with van der Waals surface area (Å²) < 4.78 is 5.19. The Kier molecular flexibility index (Phi) is 3.87. The first-order valence-corrected chi connectivity index (χ1v) is 6.21. The van der Waals surface area contributed by atoms with Crippen molar-refractivity contribution in [3.63, 3.8) is 0 Å². The topological polar surface area (TPSA) is 58.6 Å². The molecule has 1 aliphatic rings. The van der Waals surface area contributed by atoms with Crippen LogP contribution < -0.4 is 10.1 Å². The molecule has 1 fully saturated rings. The van der Waals surface area contributed by atoms with Crippen LogP contribution in [0.5, 0.6) is 5.75 Å². The molecule has 0 spiro atoms. The lowest BCUT2D eigenvalue weighted by atomic mass is 9.82. The Morgan fingerprint density at radius 3 is 2.83 bits per heavy atom. The standard InChI is InChI=1S/C14H19NO3/c1-9-3-4-11(7-13(9)18-2)14(17)15-8-10-5-12(16)6-10/h3-4,7,10,12,16H,5-6,8H2,1-2H3,(H,15,17). The SMILES string of the molecule is COc1cc(C(=O)NCC2CC(O)C2)ccc1C. The van der Waals surface area contributed by atoms with Crippen LogP contribution in [0.1, 0.15) is 28.8 Å². The van der Waals surface area contributed by atoms with Crippen molar-refractivity contribution in [2.24, 2.45) is 5.92 Å². The first-order chi connectivity index (χ1) is 8.60. The minimum Gasteiger partial charge on any atom is -0.496 e. The molecule has 0 heterocycles. The number of aliphatic hydroxyl groups is 1. The van der Waals surface area contributed by atoms with E-state index in [2.05, 4.69) is 5.32 Å². The predicted octanol–water partition coefficient (Wildman–Crippen LogP) is 1.50. The average molecular weight is 249 g/mol. The van der Waals surface area contributed by atoms with Crippen molar-refractivity contribution in [3.8, 4) is 5.75 Å². The molecular formula is C14H19NO3. The Bertz CT molecular complexity index is 439. The number of benzene rings is 1. The van der Waals surface area contributed by atoms with Gasteiger partial charge >= 0.3 is 0 Å². The molecule has 1 saturated carbocycles. The summed E-state index contributed by atoms with van der Waals surface area (Å²) in [6, 6.07) is 5.42. The zero-order valence-corrected chi connectivity index (χ0v) is 10.8. The van der Waals surface area contributed by atoms with Crippen LogP contribution in [0.2, 0.25) is 0 Å². The summed E-state index contributed by atoms with van der Waals surface area (Å²) in [7, 11) is 1.60. The van der Waals surface area contributed by atoms with Gasteiger partial charge in [0.15, 0.2) is 0 Å². The molecule has 0 unspecified atom stereocenters. The smallest absolute Gasteiger partial charge is 0.251 e. The average Bonchev–Trinajstić information content (AvgIpc) is 2.33. The van der Waals surface area contributed by atoms with E-state index in [1.165, 1.54) is 0 Å². The van der Waals surface area contributed by atoms with E-state index in [1.807, 2.05) is 13.0 Å². The number of aliphatic hydroxyl groups excluding tert-OH is 1. The summed E-state index contributed by atoms with van der Waals surface area (Å²) in [5.41, 5.74) is 1.62. The van der Waals surface area contributed by atoms with E-state index in [4.69, 9.17) is 4.74 Å². The second-order valence-corrected chi connectivity index (χ2v) is 4.89. The highest BCUT2D eigenvalue weighted by Crippen LogP contribution is 2.26. The van der Waals surface area contributed by atoms with Crippen LogP contribution in [0.3, 0.4) is 0 Å². The number of amides is 1. The van der Waals surface area contributed by atoms with Crippen molar-refractivity contribution >= 4 is 5.91 Å². The van der Waals surface area contributed by atoms with Gasteiger partial charge in [-0.2, -0.15) is 0 Å². The summed E-state index contributed by atoms with van der Waals surface area (Å²) in [6.07, 6.45) is 1.40. The fourth-order valence-electron chi connectivity index (χ4n) is 2.17. The highest BCUT2D eigenvalue weighted by atomic mass is 16.5. The van der Waals surface area contributed by atoms with Gasteiger partial charge in [-0.25, -0.2) is 0 Å². The van der Waals surface area contributed by atoms with Crippen LogP contribution in [0.15, 0.2) is 18.2 Å². The molecule has 0 bridgehead atoms. The number of carbonyl (C=O) groups excluding carboxylic acids is 1. The van der Waals surface area contributed by atoms with E-state index in [-0.39, 0.29) is 12.0 Å². The fraction of sp³-hybridized carbons (Fsp3) is 0.500. The van der Waals surface area contributed by atoms with Gasteiger partial charge in [-0.15, -0.1) is 0 Å². The van der Waals surface area contributed by atoms with Gasteiger partial charge in [-0.05, 0) is 43.4 Å². The zero-order valence-electron chi connectivity index (χ0n) is 10.8. The molecule has 1 aliphatic carbocycles. The number of hydrogen-bond acceptors (Lipinski definition) is 3. The van der Waals surface area contributed by atoms with Gasteiger partial charge in [-0.3, -0.25) is 4.79 Å². The summed E-state index contributed by atoms with van der Waals surface area (Å²) in [6.45, 7) is 2.57. The molecule has 98 valence electrons. The normalized spacial score (nSPS) is 22.2. The van der Waals surface area contributed by atoms with Crippen molar-refractivity contribution in [1.29, 1.82) is 0 Å². The summed E-state index contributed by atoms with van der Waals surface area (Å²) >= 11 is 0. The maximum atomic E-state index is 11.9. The van der Waals surface area contributed by atoms with Gasteiger partial charge in [0.25, 0.3) is 5.91 Å². The predicted molar refractivity (Wildman–Crippen MR) is 68.8 cm³/mol. The van der Waals surface area contributed by atoms with Crippen LogP contribution in [-0.4, -0.2) is 30.8 Å². The van der Waals surface area contributed by atoms with Crippen LogP contribution >= 0.6 is 0 Å². The lowest BCUT2D eigenvalue weighted by Crippen LogP contribution is -2.38. The molecular weight excluding hydrogens is 230 g/mol. The van der Waals surface area contributed by atoms with Crippen LogP contribution in [0.25, 0.3) is 0 Å². The maximum absolute atomic E-state index is 11.9. The molecule has 4 nitrogen and oxygen atoms in total. The van der Waals surface area contributed by atoms with Crippen LogP contribution in [-0.2, 0) is 0 Å². The molecule has 1 aromatic rings. The fourth-order valence-corrected chi connectivity index (χ4v) is 2.17. The molecule has 0 saturated heterocycles. The first kappa shape index (κ1) is 12.9. The Morgan fingerprint density at radius 2 is 2.22 bits per heavy atom. The first-order valence-electron chi connectivity index (χ1n) is 6.21. The van der Waals surface area contributed by atoms with Crippen molar-refractivity contribution < 1.29 is 14.6 Å². The van der Waals surface area contributed by atoms with E-state index >= 15 is 0 Å². The maximum Gasteiger partial charge on any atom is 0.251 e. The van der Waals surface area contributed by atoms with E-state index in [0.29, 0.717) is 18.0 Å². The van der Waals surface area contributed by atoms with Gasteiger partial charge in [0.2, 0.25) is 0 Å². The zero-order chi connectivity index (χ0) is 13.1. The van der Waals surface area contributed by atoms with E-state index in [9.17, 15) is 9.90 Å². The molecule has 2 N–H and O–H groups in total. The summed E-state index contributed by atoms with van der Waals surface area (Å²) in [4.78, 5) is 11.9. The van der Waals surface area contributed by atoms with E-state index in [0.717, 1.165) is 24.2 Å². The second kappa shape index (κ2) is 5.40. The number of rotatable bonds is 4. The van der Waals surface area contributed by atoms with Crippen molar-refractivity contribution in [2.45, 2.75) is 25.9 Å². The van der Waals surface area contributed by atoms with Crippen molar-refractivity contribution in [2.75, 3.05) is 13.7 Å². The molecule has 1 aromatic carbocycles. The number of aryl methyl sites for hydroxylation is 1. The largest absolute Gasteiger partial charge is 0.496 e. The Balaban J connectivity index is 1.92. The summed E-state index contributed by atoms with van der Waals surface area (Å²) in [5.74, 6) is 1.05.